The smallest absolute Gasteiger partial charge is 0.240 e. The summed E-state index contributed by atoms with van der Waals surface area (Å²) in [5.74, 6) is -0.305. The average Bonchev–Trinajstić information content (AvgIpc) is 2.46. The van der Waals surface area contributed by atoms with Crippen molar-refractivity contribution in [2.45, 2.75) is 58.9 Å². The zero-order valence-electron chi connectivity index (χ0n) is 14.1. The van der Waals surface area contributed by atoms with Gasteiger partial charge in [0, 0.05) is 13.0 Å². The molecule has 0 spiro atoms. The minimum Gasteiger partial charge on any atom is -0.352 e. The summed E-state index contributed by atoms with van der Waals surface area (Å²) in [5.41, 5.74) is 2.56. The van der Waals surface area contributed by atoms with Crippen LogP contribution in [0.4, 0.5) is 5.69 Å². The topological polar surface area (TPSA) is 49.4 Å². The number of aryl methyl sites for hydroxylation is 2. The zero-order valence-corrected chi connectivity index (χ0v) is 14.9. The molecule has 2 amide bonds. The first-order valence-corrected chi connectivity index (χ1v) is 8.60. The van der Waals surface area contributed by atoms with Gasteiger partial charge in [0.15, 0.2) is 0 Å². The Labute approximate surface area is 143 Å². The quantitative estimate of drug-likeness (QED) is 0.910. The normalized spacial score (nSPS) is 15.3. The van der Waals surface area contributed by atoms with Crippen LogP contribution in [-0.2, 0) is 9.59 Å². The Morgan fingerprint density at radius 3 is 2.43 bits per heavy atom. The van der Waals surface area contributed by atoms with E-state index in [2.05, 4.69) is 5.32 Å². The molecule has 2 rings (SSSR count). The van der Waals surface area contributed by atoms with Crippen LogP contribution in [0.5, 0.6) is 0 Å². The molecule has 1 aliphatic carbocycles. The van der Waals surface area contributed by atoms with E-state index in [9.17, 15) is 9.59 Å². The summed E-state index contributed by atoms with van der Waals surface area (Å²) in [6.45, 7) is 5.33. The van der Waals surface area contributed by atoms with Crippen LogP contribution in [0.2, 0.25) is 5.02 Å². The molecule has 4 nitrogen and oxygen atoms in total. The molecule has 0 radical (unpaired) electrons. The summed E-state index contributed by atoms with van der Waals surface area (Å²) in [6, 6.07) is 4.02. The summed E-state index contributed by atoms with van der Waals surface area (Å²) in [5, 5.41) is 3.55. The maximum atomic E-state index is 12.3. The number of rotatable bonds is 4. The van der Waals surface area contributed by atoms with Crippen molar-refractivity contribution in [2.24, 2.45) is 0 Å². The predicted molar refractivity (Wildman–Crippen MR) is 94.0 cm³/mol. The summed E-state index contributed by atoms with van der Waals surface area (Å²) in [7, 11) is 0. The van der Waals surface area contributed by atoms with E-state index in [1.807, 2.05) is 26.0 Å². The van der Waals surface area contributed by atoms with Gasteiger partial charge in [-0.3, -0.25) is 9.59 Å². The van der Waals surface area contributed by atoms with Crippen molar-refractivity contribution < 1.29 is 9.59 Å². The Hall–Kier alpha value is -1.55. The predicted octanol–water partition coefficient (Wildman–Crippen LogP) is 3.76. The lowest BCUT2D eigenvalue weighted by Crippen LogP contribution is -2.44. The highest BCUT2D eigenvalue weighted by atomic mass is 35.5. The van der Waals surface area contributed by atoms with Crippen LogP contribution in [0.3, 0.4) is 0 Å². The van der Waals surface area contributed by atoms with E-state index in [4.69, 9.17) is 11.6 Å². The minimum absolute atomic E-state index is 0.00938. The second-order valence-corrected chi connectivity index (χ2v) is 6.83. The maximum Gasteiger partial charge on any atom is 0.240 e. The molecule has 1 N–H and O–H groups in total. The Balaban J connectivity index is 2.13. The molecule has 126 valence electrons. The van der Waals surface area contributed by atoms with Gasteiger partial charge in [0.1, 0.15) is 6.54 Å². The number of halogens is 1. The number of benzene rings is 1. The molecule has 0 bridgehead atoms. The lowest BCUT2D eigenvalue weighted by Gasteiger charge is -2.27. The largest absolute Gasteiger partial charge is 0.352 e. The summed E-state index contributed by atoms with van der Waals surface area (Å²) in [4.78, 5) is 25.9. The summed E-state index contributed by atoms with van der Waals surface area (Å²) < 4.78 is 0. The van der Waals surface area contributed by atoms with Gasteiger partial charge in [-0.05, 0) is 43.9 Å². The molecule has 1 aliphatic rings. The highest BCUT2D eigenvalue weighted by Crippen LogP contribution is 2.31. The van der Waals surface area contributed by atoms with Crippen molar-refractivity contribution in [2.75, 3.05) is 11.4 Å². The summed E-state index contributed by atoms with van der Waals surface area (Å²) in [6.07, 6.45) is 5.60. The molecule has 0 saturated heterocycles. The van der Waals surface area contributed by atoms with Crippen molar-refractivity contribution >= 4 is 29.1 Å². The fourth-order valence-corrected chi connectivity index (χ4v) is 3.68. The second-order valence-electron chi connectivity index (χ2n) is 6.42. The van der Waals surface area contributed by atoms with Crippen molar-refractivity contribution in [3.63, 3.8) is 0 Å². The number of nitrogens with zero attached hydrogens (tertiary/aromatic N) is 1. The minimum atomic E-state index is -0.183. The van der Waals surface area contributed by atoms with E-state index in [0.29, 0.717) is 10.7 Å². The van der Waals surface area contributed by atoms with Crippen LogP contribution >= 0.6 is 11.6 Å². The SMILES string of the molecule is CC(=O)N(CC(=O)NC1CCCCC1)c1c(C)cc(C)cc1Cl. The molecule has 0 unspecified atom stereocenters. The molecule has 23 heavy (non-hydrogen) atoms. The van der Waals surface area contributed by atoms with Crippen molar-refractivity contribution in [3.8, 4) is 0 Å². The van der Waals surface area contributed by atoms with Gasteiger partial charge in [0.05, 0.1) is 10.7 Å². The molecule has 1 aromatic rings. The summed E-state index contributed by atoms with van der Waals surface area (Å²) >= 11 is 6.32. The van der Waals surface area contributed by atoms with Crippen molar-refractivity contribution in [3.05, 3.63) is 28.3 Å². The van der Waals surface area contributed by atoms with Crippen LogP contribution in [0.1, 0.15) is 50.2 Å². The number of carbonyl (C=O) groups excluding carboxylic acids is 2. The van der Waals surface area contributed by atoms with Gasteiger partial charge in [0.25, 0.3) is 0 Å². The molecule has 0 heterocycles. The van der Waals surface area contributed by atoms with Crippen molar-refractivity contribution in [1.29, 1.82) is 0 Å². The van der Waals surface area contributed by atoms with Gasteiger partial charge < -0.3 is 10.2 Å². The van der Waals surface area contributed by atoms with Crippen LogP contribution in [0.25, 0.3) is 0 Å². The van der Waals surface area contributed by atoms with Gasteiger partial charge in [-0.1, -0.05) is 36.9 Å². The first kappa shape index (κ1) is 17.8. The van der Waals surface area contributed by atoms with E-state index < -0.39 is 0 Å². The third-order valence-corrected chi connectivity index (χ3v) is 4.61. The molecule has 0 aliphatic heterocycles. The lowest BCUT2D eigenvalue weighted by molar-refractivity contribution is -0.123. The molecular formula is C18H25ClN2O2. The fraction of sp³-hybridized carbons (Fsp3) is 0.556. The molecular weight excluding hydrogens is 312 g/mol. The first-order chi connectivity index (χ1) is 10.9. The van der Waals surface area contributed by atoms with Gasteiger partial charge >= 0.3 is 0 Å². The molecule has 1 aromatic carbocycles. The number of hydrogen-bond donors (Lipinski definition) is 1. The van der Waals surface area contributed by atoms with Crippen LogP contribution < -0.4 is 10.2 Å². The van der Waals surface area contributed by atoms with Gasteiger partial charge in [-0.25, -0.2) is 0 Å². The average molecular weight is 337 g/mol. The van der Waals surface area contributed by atoms with E-state index >= 15 is 0 Å². The molecule has 0 atom stereocenters. The van der Waals surface area contributed by atoms with Crippen LogP contribution in [0, 0.1) is 13.8 Å². The number of nitrogens with one attached hydrogen (secondary N) is 1. The highest BCUT2D eigenvalue weighted by molar-refractivity contribution is 6.34. The van der Waals surface area contributed by atoms with Crippen molar-refractivity contribution in [1.82, 2.24) is 5.32 Å². The van der Waals surface area contributed by atoms with E-state index in [0.717, 1.165) is 36.8 Å². The van der Waals surface area contributed by atoms with Gasteiger partial charge in [0.2, 0.25) is 11.8 Å². The maximum absolute atomic E-state index is 12.3. The number of hydrogen-bond acceptors (Lipinski definition) is 2. The zero-order chi connectivity index (χ0) is 17.0. The molecule has 1 saturated carbocycles. The Morgan fingerprint density at radius 2 is 1.87 bits per heavy atom. The first-order valence-electron chi connectivity index (χ1n) is 8.22. The number of anilines is 1. The Morgan fingerprint density at radius 1 is 1.22 bits per heavy atom. The van der Waals surface area contributed by atoms with E-state index in [-0.39, 0.29) is 24.4 Å². The van der Waals surface area contributed by atoms with Crippen LogP contribution in [0.15, 0.2) is 12.1 Å². The van der Waals surface area contributed by atoms with E-state index in [1.165, 1.54) is 18.2 Å². The lowest BCUT2D eigenvalue weighted by atomic mass is 9.95. The standard InChI is InChI=1S/C18H25ClN2O2/c1-12-9-13(2)18(16(19)10-12)21(14(3)22)11-17(23)20-15-7-5-4-6-8-15/h9-10,15H,4-8,11H2,1-3H3,(H,20,23). The van der Waals surface area contributed by atoms with Crippen LogP contribution in [-0.4, -0.2) is 24.4 Å². The van der Waals surface area contributed by atoms with E-state index in [1.54, 1.807) is 0 Å². The number of amides is 2. The molecule has 1 fully saturated rings. The monoisotopic (exact) mass is 336 g/mol. The third-order valence-electron chi connectivity index (χ3n) is 4.32. The fourth-order valence-electron chi connectivity index (χ4n) is 3.26. The third kappa shape index (κ3) is 4.71. The second kappa shape index (κ2) is 7.82. The molecule has 5 heteroatoms. The van der Waals surface area contributed by atoms with Gasteiger partial charge in [-0.2, -0.15) is 0 Å². The number of carbonyl (C=O) groups is 2. The highest BCUT2D eigenvalue weighted by Gasteiger charge is 2.22. The Kier molecular flexibility index (Phi) is 6.05. The molecule has 0 aromatic heterocycles. The van der Waals surface area contributed by atoms with Gasteiger partial charge in [-0.15, -0.1) is 0 Å². The Bertz CT molecular complexity index is 572.